The van der Waals surface area contributed by atoms with Gasteiger partial charge in [0.1, 0.15) is 5.75 Å². The van der Waals surface area contributed by atoms with Crippen molar-refractivity contribution in [2.24, 2.45) is 5.84 Å². The predicted molar refractivity (Wildman–Crippen MR) is 75.5 cm³/mol. The summed E-state index contributed by atoms with van der Waals surface area (Å²) in [5, 5.41) is 0. The molecular formula is C15H17F2N3O. The van der Waals surface area contributed by atoms with E-state index in [1.807, 2.05) is 13.0 Å². The minimum Gasteiger partial charge on any atom is -0.492 e. The molecule has 3 N–H and O–H groups in total. The lowest BCUT2D eigenvalue weighted by molar-refractivity contribution is 0.338. The van der Waals surface area contributed by atoms with E-state index >= 15 is 0 Å². The minimum atomic E-state index is -0.871. The molecule has 21 heavy (non-hydrogen) atoms. The summed E-state index contributed by atoms with van der Waals surface area (Å²) in [4.78, 5) is 4.09. The number of nitrogens with zero attached hydrogens (tertiary/aromatic N) is 1. The summed E-state index contributed by atoms with van der Waals surface area (Å²) in [5.74, 6) is 4.46. The van der Waals surface area contributed by atoms with Crippen LogP contribution in [-0.2, 0) is 6.42 Å². The Morgan fingerprint density at radius 3 is 2.71 bits per heavy atom. The van der Waals surface area contributed by atoms with Gasteiger partial charge in [-0.1, -0.05) is 6.07 Å². The van der Waals surface area contributed by atoms with Crippen molar-refractivity contribution in [3.05, 3.63) is 59.4 Å². The highest BCUT2D eigenvalue weighted by atomic mass is 19.2. The number of pyridine rings is 1. The zero-order chi connectivity index (χ0) is 15.2. The van der Waals surface area contributed by atoms with Crippen LogP contribution >= 0.6 is 0 Å². The monoisotopic (exact) mass is 293 g/mol. The molecule has 0 aliphatic heterocycles. The molecular weight excluding hydrogens is 276 g/mol. The van der Waals surface area contributed by atoms with E-state index in [4.69, 9.17) is 10.6 Å². The van der Waals surface area contributed by atoms with Gasteiger partial charge in [-0.05, 0) is 42.7 Å². The fourth-order valence-electron chi connectivity index (χ4n) is 2.05. The third-order valence-corrected chi connectivity index (χ3v) is 3.07. The molecule has 0 saturated carbocycles. The van der Waals surface area contributed by atoms with Crippen LogP contribution in [-0.4, -0.2) is 11.6 Å². The Morgan fingerprint density at radius 1 is 1.24 bits per heavy atom. The average Bonchev–Trinajstić information content (AvgIpc) is 2.49. The van der Waals surface area contributed by atoms with Gasteiger partial charge in [-0.3, -0.25) is 16.3 Å². The number of rotatable bonds is 6. The van der Waals surface area contributed by atoms with Gasteiger partial charge >= 0.3 is 0 Å². The summed E-state index contributed by atoms with van der Waals surface area (Å²) < 4.78 is 31.6. The second-order valence-electron chi connectivity index (χ2n) is 4.56. The van der Waals surface area contributed by atoms with Gasteiger partial charge in [0, 0.05) is 6.20 Å². The highest BCUT2D eigenvalue weighted by Gasteiger charge is 2.13. The minimum absolute atomic E-state index is 0.275. The zero-order valence-electron chi connectivity index (χ0n) is 11.6. The molecule has 2 rings (SSSR count). The Hall–Kier alpha value is -2.05. The summed E-state index contributed by atoms with van der Waals surface area (Å²) >= 11 is 0. The van der Waals surface area contributed by atoms with Crippen molar-refractivity contribution < 1.29 is 13.5 Å². The SMILES string of the molecule is CCOc1cncc(C(Cc2ccc(F)c(F)c2)NN)c1. The van der Waals surface area contributed by atoms with Gasteiger partial charge in [-0.15, -0.1) is 0 Å². The molecule has 0 fully saturated rings. The Morgan fingerprint density at radius 2 is 2.05 bits per heavy atom. The van der Waals surface area contributed by atoms with E-state index in [-0.39, 0.29) is 6.04 Å². The number of nitrogens with two attached hydrogens (primary N) is 1. The standard InChI is InChI=1S/C15H17F2N3O/c1-2-21-12-7-11(8-19-9-12)15(20-18)6-10-3-4-13(16)14(17)5-10/h3-5,7-9,15,20H,2,6,18H2,1H3. The number of aromatic nitrogens is 1. The smallest absolute Gasteiger partial charge is 0.159 e. The van der Waals surface area contributed by atoms with Crippen molar-refractivity contribution in [1.29, 1.82) is 0 Å². The zero-order valence-corrected chi connectivity index (χ0v) is 11.6. The number of ether oxygens (including phenoxy) is 1. The van der Waals surface area contributed by atoms with Gasteiger partial charge < -0.3 is 4.74 Å². The topological polar surface area (TPSA) is 60.2 Å². The lowest BCUT2D eigenvalue weighted by atomic mass is 10.0. The fraction of sp³-hybridized carbons (Fsp3) is 0.267. The van der Waals surface area contributed by atoms with E-state index in [2.05, 4.69) is 10.4 Å². The first-order chi connectivity index (χ1) is 10.1. The molecule has 4 nitrogen and oxygen atoms in total. The van der Waals surface area contributed by atoms with Crippen LogP contribution in [0.2, 0.25) is 0 Å². The van der Waals surface area contributed by atoms with Gasteiger partial charge in [0.2, 0.25) is 0 Å². The highest BCUT2D eigenvalue weighted by Crippen LogP contribution is 2.21. The second kappa shape index (κ2) is 7.10. The molecule has 1 unspecified atom stereocenters. The molecule has 0 spiro atoms. The van der Waals surface area contributed by atoms with Crippen molar-refractivity contribution >= 4 is 0 Å². The molecule has 0 amide bonds. The molecule has 2 aromatic rings. The largest absolute Gasteiger partial charge is 0.492 e. The van der Waals surface area contributed by atoms with Crippen molar-refractivity contribution in [1.82, 2.24) is 10.4 Å². The van der Waals surface area contributed by atoms with Crippen LogP contribution in [0.15, 0.2) is 36.7 Å². The molecule has 0 radical (unpaired) electrons. The molecule has 1 heterocycles. The van der Waals surface area contributed by atoms with Crippen molar-refractivity contribution in [2.75, 3.05) is 6.61 Å². The maximum absolute atomic E-state index is 13.2. The summed E-state index contributed by atoms with van der Waals surface area (Å²) in [6.07, 6.45) is 3.68. The summed E-state index contributed by atoms with van der Waals surface area (Å²) in [6.45, 7) is 2.42. The third-order valence-electron chi connectivity index (χ3n) is 3.07. The lowest BCUT2D eigenvalue weighted by Crippen LogP contribution is -2.29. The van der Waals surface area contributed by atoms with Crippen LogP contribution < -0.4 is 16.0 Å². The molecule has 1 aromatic carbocycles. The first-order valence-corrected chi connectivity index (χ1v) is 6.61. The fourth-order valence-corrected chi connectivity index (χ4v) is 2.05. The summed E-state index contributed by atoms with van der Waals surface area (Å²) in [7, 11) is 0. The van der Waals surface area contributed by atoms with Gasteiger partial charge in [0.05, 0.1) is 18.8 Å². The molecule has 0 aliphatic carbocycles. The predicted octanol–water partition coefficient (Wildman–Crippen LogP) is 2.51. The van der Waals surface area contributed by atoms with E-state index in [0.29, 0.717) is 24.3 Å². The Kier molecular flexibility index (Phi) is 5.19. The van der Waals surface area contributed by atoms with Gasteiger partial charge in [-0.25, -0.2) is 8.78 Å². The van der Waals surface area contributed by atoms with E-state index in [1.54, 1.807) is 12.4 Å². The Balaban J connectivity index is 2.19. The number of benzene rings is 1. The van der Waals surface area contributed by atoms with E-state index in [9.17, 15) is 8.78 Å². The maximum Gasteiger partial charge on any atom is 0.159 e. The first-order valence-electron chi connectivity index (χ1n) is 6.61. The summed E-state index contributed by atoms with van der Waals surface area (Å²) in [5.41, 5.74) is 4.11. The van der Waals surface area contributed by atoms with Gasteiger partial charge in [0.15, 0.2) is 11.6 Å². The lowest BCUT2D eigenvalue weighted by Gasteiger charge is -2.17. The molecule has 1 aromatic heterocycles. The van der Waals surface area contributed by atoms with Crippen LogP contribution in [0.25, 0.3) is 0 Å². The average molecular weight is 293 g/mol. The normalized spacial score (nSPS) is 12.2. The number of hydrogen-bond acceptors (Lipinski definition) is 4. The number of nitrogens with one attached hydrogen (secondary N) is 1. The number of hydrogen-bond donors (Lipinski definition) is 2. The van der Waals surface area contributed by atoms with Crippen LogP contribution in [0.5, 0.6) is 5.75 Å². The first kappa shape index (κ1) is 15.3. The van der Waals surface area contributed by atoms with E-state index in [0.717, 1.165) is 11.6 Å². The van der Waals surface area contributed by atoms with Crippen molar-refractivity contribution in [2.45, 2.75) is 19.4 Å². The van der Waals surface area contributed by atoms with Crippen LogP contribution in [0, 0.1) is 11.6 Å². The Labute approximate surface area is 121 Å². The quantitative estimate of drug-likeness (QED) is 0.634. The molecule has 0 saturated heterocycles. The second-order valence-corrected chi connectivity index (χ2v) is 4.56. The molecule has 112 valence electrons. The molecule has 0 bridgehead atoms. The van der Waals surface area contributed by atoms with E-state index < -0.39 is 11.6 Å². The van der Waals surface area contributed by atoms with Crippen molar-refractivity contribution in [3.63, 3.8) is 0 Å². The van der Waals surface area contributed by atoms with E-state index in [1.165, 1.54) is 12.1 Å². The van der Waals surface area contributed by atoms with Crippen molar-refractivity contribution in [3.8, 4) is 5.75 Å². The third kappa shape index (κ3) is 3.96. The number of hydrazine groups is 1. The van der Waals surface area contributed by atoms with Crippen LogP contribution in [0.3, 0.4) is 0 Å². The Bertz CT molecular complexity index is 607. The number of halogens is 2. The van der Waals surface area contributed by atoms with Crippen LogP contribution in [0.4, 0.5) is 8.78 Å². The molecule has 0 aliphatic rings. The highest BCUT2D eigenvalue weighted by molar-refractivity contribution is 5.28. The molecule has 6 heteroatoms. The van der Waals surface area contributed by atoms with Crippen LogP contribution in [0.1, 0.15) is 24.1 Å². The summed E-state index contributed by atoms with van der Waals surface area (Å²) in [6, 6.07) is 5.35. The molecule has 1 atom stereocenters. The van der Waals surface area contributed by atoms with Gasteiger partial charge in [0.25, 0.3) is 0 Å². The van der Waals surface area contributed by atoms with Gasteiger partial charge in [-0.2, -0.15) is 0 Å². The maximum atomic E-state index is 13.2.